The van der Waals surface area contributed by atoms with Crippen molar-refractivity contribution < 1.29 is 18.0 Å². The highest BCUT2D eigenvalue weighted by atomic mass is 19.2. The van der Waals surface area contributed by atoms with E-state index in [1.807, 2.05) is 18.2 Å². The predicted molar refractivity (Wildman–Crippen MR) is 96.8 cm³/mol. The summed E-state index contributed by atoms with van der Waals surface area (Å²) in [7, 11) is 0. The number of piperidine rings is 2. The lowest BCUT2D eigenvalue weighted by molar-refractivity contribution is 0.00904. The van der Waals surface area contributed by atoms with Gasteiger partial charge in [-0.2, -0.15) is 0 Å². The molecule has 2 unspecified atom stereocenters. The van der Waals surface area contributed by atoms with Crippen LogP contribution >= 0.6 is 0 Å². The van der Waals surface area contributed by atoms with Gasteiger partial charge in [-0.25, -0.2) is 13.2 Å². The topological polar surface area (TPSA) is 20.3 Å². The summed E-state index contributed by atoms with van der Waals surface area (Å²) in [5, 5.41) is 0. The van der Waals surface area contributed by atoms with Gasteiger partial charge in [0.25, 0.3) is 0 Å². The predicted octanol–water partition coefficient (Wildman–Crippen LogP) is 5.12. The van der Waals surface area contributed by atoms with Crippen molar-refractivity contribution in [3.63, 3.8) is 0 Å². The van der Waals surface area contributed by atoms with Gasteiger partial charge in [0.15, 0.2) is 23.2 Å². The molecule has 0 amide bonds. The number of hydrogen-bond acceptors (Lipinski definition) is 2. The highest BCUT2D eigenvalue weighted by molar-refractivity contribution is 5.98. The number of rotatable bonds is 4. The number of carbonyl (C=O) groups excluding carboxylic acids is 1. The van der Waals surface area contributed by atoms with Crippen LogP contribution in [-0.4, -0.2) is 22.8 Å². The fourth-order valence-corrected chi connectivity index (χ4v) is 4.68. The zero-order valence-corrected chi connectivity index (χ0v) is 15.0. The minimum Gasteiger partial charge on any atom is -0.294 e. The first kappa shape index (κ1) is 18.2. The third-order valence-corrected chi connectivity index (χ3v) is 5.97. The van der Waals surface area contributed by atoms with Crippen LogP contribution in [0.3, 0.4) is 0 Å². The van der Waals surface area contributed by atoms with E-state index < -0.39 is 17.5 Å². The van der Waals surface area contributed by atoms with Crippen LogP contribution in [0.4, 0.5) is 13.2 Å². The van der Waals surface area contributed by atoms with Crippen LogP contribution in [0.15, 0.2) is 42.5 Å². The summed E-state index contributed by atoms with van der Waals surface area (Å²) in [6, 6.07) is 12.5. The Morgan fingerprint density at radius 2 is 1.56 bits per heavy atom. The van der Waals surface area contributed by atoms with Crippen LogP contribution in [0, 0.1) is 23.4 Å². The van der Waals surface area contributed by atoms with Crippen molar-refractivity contribution in [3.8, 4) is 0 Å². The Kier molecular flexibility index (Phi) is 5.04. The van der Waals surface area contributed by atoms with Gasteiger partial charge < -0.3 is 0 Å². The molecule has 2 nitrogen and oxygen atoms in total. The Bertz CT molecular complexity index is 802. The number of halogens is 3. The third-order valence-electron chi connectivity index (χ3n) is 5.97. The molecule has 0 aromatic heterocycles. The number of ketones is 1. The van der Waals surface area contributed by atoms with Crippen molar-refractivity contribution in [2.24, 2.45) is 5.92 Å². The average molecular weight is 373 g/mol. The number of hydrogen-bond donors (Lipinski definition) is 0. The van der Waals surface area contributed by atoms with Gasteiger partial charge in [-0.05, 0) is 43.4 Å². The van der Waals surface area contributed by atoms with Gasteiger partial charge in [0.1, 0.15) is 0 Å². The summed E-state index contributed by atoms with van der Waals surface area (Å²) >= 11 is 0. The van der Waals surface area contributed by atoms with Gasteiger partial charge in [-0.3, -0.25) is 9.69 Å². The van der Waals surface area contributed by atoms with Gasteiger partial charge >= 0.3 is 0 Å². The molecule has 0 spiro atoms. The van der Waals surface area contributed by atoms with Crippen molar-refractivity contribution in [2.45, 2.75) is 50.7 Å². The van der Waals surface area contributed by atoms with Crippen LogP contribution in [-0.2, 0) is 6.54 Å². The van der Waals surface area contributed by atoms with E-state index in [0.29, 0.717) is 24.9 Å². The highest BCUT2D eigenvalue weighted by Crippen LogP contribution is 2.39. The maximum Gasteiger partial charge on any atom is 0.194 e. The van der Waals surface area contributed by atoms with Crippen molar-refractivity contribution >= 4 is 5.78 Å². The molecule has 0 N–H and O–H groups in total. The molecule has 2 aromatic rings. The maximum absolute atomic E-state index is 13.5. The fraction of sp³-hybridized carbons (Fsp3) is 0.409. The molecule has 142 valence electrons. The molecule has 5 heteroatoms. The SMILES string of the molecule is O=C(c1cc(F)c(F)c(F)c1)C1CC2CCCC(C1)N2Cc1ccccc1. The van der Waals surface area contributed by atoms with Crippen molar-refractivity contribution in [2.75, 3.05) is 0 Å². The smallest absolute Gasteiger partial charge is 0.194 e. The Morgan fingerprint density at radius 3 is 2.15 bits per heavy atom. The number of benzene rings is 2. The number of Topliss-reactive ketones (excluding diaryl/α,β-unsaturated/α-hetero) is 1. The molecular formula is C22H22F3NO. The summed E-state index contributed by atoms with van der Waals surface area (Å²) < 4.78 is 40.2. The number of nitrogens with zero attached hydrogens (tertiary/aromatic N) is 1. The van der Waals surface area contributed by atoms with Crippen LogP contribution in [0.2, 0.25) is 0 Å². The Labute approximate surface area is 157 Å². The first-order valence-corrected chi connectivity index (χ1v) is 9.51. The monoisotopic (exact) mass is 373 g/mol. The van der Waals surface area contributed by atoms with E-state index in [0.717, 1.165) is 37.9 Å². The molecule has 2 saturated heterocycles. The molecular weight excluding hydrogens is 351 g/mol. The summed E-state index contributed by atoms with van der Waals surface area (Å²) in [5.41, 5.74) is 1.19. The normalized spacial score (nSPS) is 25.4. The second kappa shape index (κ2) is 7.47. The standard InChI is InChI=1S/C22H22F3NO/c23-19-11-16(12-20(24)21(19)25)22(27)15-9-17-7-4-8-18(10-15)26(17)13-14-5-2-1-3-6-14/h1-3,5-6,11-12,15,17-18H,4,7-10,13H2. The molecule has 0 radical (unpaired) electrons. The van der Waals surface area contributed by atoms with E-state index in [4.69, 9.17) is 0 Å². The van der Waals surface area contributed by atoms with E-state index in [-0.39, 0.29) is 17.3 Å². The summed E-state index contributed by atoms with van der Waals surface area (Å²) in [5.74, 6) is -4.68. The van der Waals surface area contributed by atoms with E-state index in [9.17, 15) is 18.0 Å². The molecule has 4 rings (SSSR count). The second-order valence-electron chi connectivity index (χ2n) is 7.68. The minimum atomic E-state index is -1.53. The van der Waals surface area contributed by atoms with Gasteiger partial charge in [0.2, 0.25) is 0 Å². The van der Waals surface area contributed by atoms with E-state index in [2.05, 4.69) is 17.0 Å². The van der Waals surface area contributed by atoms with Crippen LogP contribution in [0.5, 0.6) is 0 Å². The number of fused-ring (bicyclic) bond motifs is 2. The van der Waals surface area contributed by atoms with Gasteiger partial charge in [-0.15, -0.1) is 0 Å². The molecule has 0 aliphatic carbocycles. The molecule has 2 atom stereocenters. The average Bonchev–Trinajstić information content (AvgIpc) is 2.65. The van der Waals surface area contributed by atoms with E-state index in [1.54, 1.807) is 0 Å². The lowest BCUT2D eigenvalue weighted by atomic mass is 9.75. The summed E-state index contributed by atoms with van der Waals surface area (Å²) in [6.45, 7) is 0.858. The zero-order chi connectivity index (χ0) is 19.0. The third kappa shape index (κ3) is 3.65. The minimum absolute atomic E-state index is 0.0639. The molecule has 2 heterocycles. The maximum atomic E-state index is 13.5. The fourth-order valence-electron chi connectivity index (χ4n) is 4.68. The molecule has 0 saturated carbocycles. The highest BCUT2D eigenvalue weighted by Gasteiger charge is 2.40. The van der Waals surface area contributed by atoms with E-state index in [1.165, 1.54) is 5.56 Å². The molecule has 2 bridgehead atoms. The van der Waals surface area contributed by atoms with Gasteiger partial charge in [0.05, 0.1) is 0 Å². The Morgan fingerprint density at radius 1 is 0.963 bits per heavy atom. The lowest BCUT2D eigenvalue weighted by Gasteiger charge is -2.48. The molecule has 2 aliphatic rings. The molecule has 2 aromatic carbocycles. The first-order valence-electron chi connectivity index (χ1n) is 9.51. The summed E-state index contributed by atoms with van der Waals surface area (Å²) in [4.78, 5) is 15.3. The zero-order valence-electron chi connectivity index (χ0n) is 15.0. The molecule has 2 aliphatic heterocycles. The first-order chi connectivity index (χ1) is 13.0. The quantitative estimate of drug-likeness (QED) is 0.548. The van der Waals surface area contributed by atoms with Crippen LogP contribution < -0.4 is 0 Å². The summed E-state index contributed by atoms with van der Waals surface area (Å²) in [6.07, 6.45) is 4.56. The van der Waals surface area contributed by atoms with Gasteiger partial charge in [0, 0.05) is 30.1 Å². The molecule has 2 fully saturated rings. The van der Waals surface area contributed by atoms with Crippen molar-refractivity contribution in [3.05, 3.63) is 71.0 Å². The van der Waals surface area contributed by atoms with Crippen LogP contribution in [0.25, 0.3) is 0 Å². The van der Waals surface area contributed by atoms with Gasteiger partial charge in [-0.1, -0.05) is 36.8 Å². The largest absolute Gasteiger partial charge is 0.294 e. The lowest BCUT2D eigenvalue weighted by Crippen LogP contribution is -2.52. The van der Waals surface area contributed by atoms with E-state index >= 15 is 0 Å². The Balaban J connectivity index is 1.52. The number of carbonyl (C=O) groups is 1. The second-order valence-corrected chi connectivity index (χ2v) is 7.68. The van der Waals surface area contributed by atoms with Crippen molar-refractivity contribution in [1.29, 1.82) is 0 Å². The Hall–Kier alpha value is -2.14. The van der Waals surface area contributed by atoms with Crippen molar-refractivity contribution in [1.82, 2.24) is 4.90 Å². The molecule has 27 heavy (non-hydrogen) atoms. The van der Waals surface area contributed by atoms with Crippen LogP contribution in [0.1, 0.15) is 48.0 Å².